The SMILES string of the molecule is CCc1cccc(CC)c1NCC(CC)CN. The van der Waals surface area contributed by atoms with E-state index < -0.39 is 0 Å². The van der Waals surface area contributed by atoms with Gasteiger partial charge in [0, 0.05) is 12.2 Å². The summed E-state index contributed by atoms with van der Waals surface area (Å²) in [6.07, 6.45) is 3.30. The molecule has 3 N–H and O–H groups in total. The van der Waals surface area contributed by atoms with E-state index in [1.165, 1.54) is 16.8 Å². The predicted molar refractivity (Wildman–Crippen MR) is 76.5 cm³/mol. The molecule has 17 heavy (non-hydrogen) atoms. The van der Waals surface area contributed by atoms with E-state index in [-0.39, 0.29) is 0 Å². The molecule has 2 nitrogen and oxygen atoms in total. The molecule has 0 fully saturated rings. The van der Waals surface area contributed by atoms with Gasteiger partial charge >= 0.3 is 0 Å². The van der Waals surface area contributed by atoms with Crippen LogP contribution in [0.1, 0.15) is 38.3 Å². The minimum Gasteiger partial charge on any atom is -0.384 e. The minimum atomic E-state index is 0.574. The summed E-state index contributed by atoms with van der Waals surface area (Å²) in [7, 11) is 0. The minimum absolute atomic E-state index is 0.574. The van der Waals surface area contributed by atoms with Crippen LogP contribution in [0.3, 0.4) is 0 Å². The fourth-order valence-electron chi connectivity index (χ4n) is 2.11. The molecule has 0 aromatic heterocycles. The smallest absolute Gasteiger partial charge is 0.0405 e. The summed E-state index contributed by atoms with van der Waals surface area (Å²) in [4.78, 5) is 0. The summed E-state index contributed by atoms with van der Waals surface area (Å²) in [6, 6.07) is 6.58. The number of rotatable bonds is 7. The number of nitrogens with one attached hydrogen (secondary N) is 1. The molecule has 96 valence electrons. The number of aryl methyl sites for hydroxylation is 2. The highest BCUT2D eigenvalue weighted by atomic mass is 14.9. The van der Waals surface area contributed by atoms with Crippen LogP contribution in [-0.4, -0.2) is 13.1 Å². The monoisotopic (exact) mass is 234 g/mol. The first kappa shape index (κ1) is 14.0. The molecular weight excluding hydrogens is 208 g/mol. The molecule has 0 aliphatic heterocycles. The van der Waals surface area contributed by atoms with Crippen molar-refractivity contribution in [2.24, 2.45) is 11.7 Å². The molecule has 0 saturated carbocycles. The summed E-state index contributed by atoms with van der Waals surface area (Å²) in [5.74, 6) is 0.574. The molecule has 0 amide bonds. The number of para-hydroxylation sites is 1. The van der Waals surface area contributed by atoms with Gasteiger partial charge < -0.3 is 11.1 Å². The third-order valence-electron chi connectivity index (χ3n) is 3.48. The molecule has 0 heterocycles. The van der Waals surface area contributed by atoms with Crippen molar-refractivity contribution in [1.29, 1.82) is 0 Å². The van der Waals surface area contributed by atoms with Crippen LogP contribution < -0.4 is 11.1 Å². The van der Waals surface area contributed by atoms with E-state index in [4.69, 9.17) is 5.73 Å². The lowest BCUT2D eigenvalue weighted by Gasteiger charge is -2.19. The molecule has 1 rings (SSSR count). The van der Waals surface area contributed by atoms with E-state index >= 15 is 0 Å². The van der Waals surface area contributed by atoms with Gasteiger partial charge in [0.2, 0.25) is 0 Å². The van der Waals surface area contributed by atoms with E-state index in [1.54, 1.807) is 0 Å². The van der Waals surface area contributed by atoms with E-state index in [0.29, 0.717) is 5.92 Å². The summed E-state index contributed by atoms with van der Waals surface area (Å²) >= 11 is 0. The van der Waals surface area contributed by atoms with Crippen LogP contribution in [0.15, 0.2) is 18.2 Å². The van der Waals surface area contributed by atoms with E-state index in [9.17, 15) is 0 Å². The van der Waals surface area contributed by atoms with Gasteiger partial charge in [-0.25, -0.2) is 0 Å². The van der Waals surface area contributed by atoms with Gasteiger partial charge in [-0.05, 0) is 36.4 Å². The van der Waals surface area contributed by atoms with E-state index in [0.717, 1.165) is 32.4 Å². The molecular formula is C15H26N2. The maximum absolute atomic E-state index is 5.75. The van der Waals surface area contributed by atoms with Crippen LogP contribution in [-0.2, 0) is 12.8 Å². The third-order valence-corrected chi connectivity index (χ3v) is 3.48. The van der Waals surface area contributed by atoms with Crippen LogP contribution in [0.25, 0.3) is 0 Å². The standard InChI is InChI=1S/C15H26N2/c1-4-12(10-16)11-17-15-13(5-2)8-7-9-14(15)6-3/h7-9,12,17H,4-6,10-11,16H2,1-3H3. The molecule has 1 aromatic carbocycles. The quantitative estimate of drug-likeness (QED) is 0.760. The number of anilines is 1. The van der Waals surface area contributed by atoms with E-state index in [1.807, 2.05) is 0 Å². The lowest BCUT2D eigenvalue weighted by atomic mass is 10.0. The molecule has 1 aromatic rings. The number of nitrogens with two attached hydrogens (primary N) is 1. The highest BCUT2D eigenvalue weighted by molar-refractivity contribution is 5.57. The highest BCUT2D eigenvalue weighted by Crippen LogP contribution is 2.22. The van der Waals surface area contributed by atoms with E-state index in [2.05, 4.69) is 44.3 Å². The van der Waals surface area contributed by atoms with Crippen molar-refractivity contribution in [3.63, 3.8) is 0 Å². The summed E-state index contributed by atoms with van der Waals surface area (Å²) in [6.45, 7) is 8.36. The molecule has 2 heteroatoms. The molecule has 1 unspecified atom stereocenters. The Morgan fingerprint density at radius 2 is 1.71 bits per heavy atom. The zero-order valence-electron chi connectivity index (χ0n) is 11.4. The topological polar surface area (TPSA) is 38.0 Å². The van der Waals surface area contributed by atoms with Crippen molar-refractivity contribution >= 4 is 5.69 Å². The fourth-order valence-corrected chi connectivity index (χ4v) is 2.11. The zero-order valence-corrected chi connectivity index (χ0v) is 11.4. The van der Waals surface area contributed by atoms with Gasteiger partial charge in [-0.15, -0.1) is 0 Å². The molecule has 0 spiro atoms. The van der Waals surface area contributed by atoms with Gasteiger partial charge in [-0.2, -0.15) is 0 Å². The number of benzene rings is 1. The first-order chi connectivity index (χ1) is 8.26. The normalized spacial score (nSPS) is 12.5. The number of hydrogen-bond acceptors (Lipinski definition) is 2. The maximum Gasteiger partial charge on any atom is 0.0405 e. The van der Waals surface area contributed by atoms with Crippen molar-refractivity contribution in [3.8, 4) is 0 Å². The van der Waals surface area contributed by atoms with Gasteiger partial charge in [-0.3, -0.25) is 0 Å². The molecule has 0 saturated heterocycles. The Hall–Kier alpha value is -1.02. The number of hydrogen-bond donors (Lipinski definition) is 2. The Balaban J connectivity index is 2.80. The van der Waals surface area contributed by atoms with Gasteiger partial charge in [0.1, 0.15) is 0 Å². The summed E-state index contributed by atoms with van der Waals surface area (Å²) < 4.78 is 0. The van der Waals surface area contributed by atoms with Crippen molar-refractivity contribution in [2.75, 3.05) is 18.4 Å². The average Bonchev–Trinajstić information content (AvgIpc) is 2.39. The van der Waals surface area contributed by atoms with Crippen LogP contribution in [0.5, 0.6) is 0 Å². The van der Waals surface area contributed by atoms with Crippen LogP contribution in [0.2, 0.25) is 0 Å². The van der Waals surface area contributed by atoms with Crippen molar-refractivity contribution in [2.45, 2.75) is 40.0 Å². The summed E-state index contributed by atoms with van der Waals surface area (Å²) in [5.41, 5.74) is 9.91. The van der Waals surface area contributed by atoms with Crippen molar-refractivity contribution < 1.29 is 0 Å². The van der Waals surface area contributed by atoms with Gasteiger partial charge in [0.15, 0.2) is 0 Å². The Morgan fingerprint density at radius 3 is 2.12 bits per heavy atom. The van der Waals surface area contributed by atoms with Gasteiger partial charge in [-0.1, -0.05) is 45.4 Å². The summed E-state index contributed by atoms with van der Waals surface area (Å²) in [5, 5.41) is 3.61. The Kier molecular flexibility index (Phi) is 6.06. The molecule has 0 radical (unpaired) electrons. The zero-order chi connectivity index (χ0) is 12.7. The highest BCUT2D eigenvalue weighted by Gasteiger charge is 2.08. The molecule has 1 atom stereocenters. The molecule has 0 aliphatic rings. The fraction of sp³-hybridized carbons (Fsp3) is 0.600. The molecule has 0 bridgehead atoms. The van der Waals surface area contributed by atoms with Crippen molar-refractivity contribution in [1.82, 2.24) is 0 Å². The van der Waals surface area contributed by atoms with Crippen LogP contribution >= 0.6 is 0 Å². The lowest BCUT2D eigenvalue weighted by Crippen LogP contribution is -2.22. The average molecular weight is 234 g/mol. The second kappa shape index (κ2) is 7.33. The molecule has 0 aliphatic carbocycles. The largest absolute Gasteiger partial charge is 0.384 e. The lowest BCUT2D eigenvalue weighted by molar-refractivity contribution is 0.548. The predicted octanol–water partition coefficient (Wildman–Crippen LogP) is 3.21. The van der Waals surface area contributed by atoms with Gasteiger partial charge in [0.05, 0.1) is 0 Å². The van der Waals surface area contributed by atoms with Gasteiger partial charge in [0.25, 0.3) is 0 Å². The Labute approximate surface area is 106 Å². The Morgan fingerprint density at radius 1 is 1.12 bits per heavy atom. The van der Waals surface area contributed by atoms with Crippen LogP contribution in [0.4, 0.5) is 5.69 Å². The van der Waals surface area contributed by atoms with Crippen LogP contribution in [0, 0.1) is 5.92 Å². The maximum atomic E-state index is 5.75. The first-order valence-corrected chi connectivity index (χ1v) is 6.81. The second-order valence-electron chi connectivity index (χ2n) is 4.55. The Bertz CT molecular complexity index is 307. The van der Waals surface area contributed by atoms with Crippen molar-refractivity contribution in [3.05, 3.63) is 29.3 Å². The third kappa shape index (κ3) is 3.74. The first-order valence-electron chi connectivity index (χ1n) is 6.81. The second-order valence-corrected chi connectivity index (χ2v) is 4.55.